The highest BCUT2D eigenvalue weighted by Crippen LogP contribution is 2.32. The first-order valence-corrected chi connectivity index (χ1v) is 5.89. The number of rotatable bonds is 4. The quantitative estimate of drug-likeness (QED) is 0.796. The Kier molecular flexibility index (Phi) is 3.94. The summed E-state index contributed by atoms with van der Waals surface area (Å²) in [4.78, 5) is 25.0. The number of hydrogen-bond acceptors (Lipinski definition) is 2. The minimum Gasteiger partial charge on any atom is -0.481 e. The second-order valence-corrected chi connectivity index (χ2v) is 5.14. The molecule has 1 saturated heterocycles. The van der Waals surface area contributed by atoms with Crippen LogP contribution in [0.25, 0.3) is 0 Å². The summed E-state index contributed by atoms with van der Waals surface area (Å²) in [5.41, 5.74) is -0.945. The van der Waals surface area contributed by atoms with E-state index in [-0.39, 0.29) is 18.2 Å². The Labute approximate surface area is 96.6 Å². The van der Waals surface area contributed by atoms with E-state index in [2.05, 4.69) is 0 Å². The maximum absolute atomic E-state index is 11.9. The van der Waals surface area contributed by atoms with Crippen molar-refractivity contribution in [2.24, 2.45) is 11.3 Å². The van der Waals surface area contributed by atoms with Crippen molar-refractivity contribution in [3.63, 3.8) is 0 Å². The molecule has 1 unspecified atom stereocenters. The van der Waals surface area contributed by atoms with E-state index in [4.69, 9.17) is 0 Å². The van der Waals surface area contributed by atoms with Gasteiger partial charge in [0.05, 0.1) is 5.41 Å². The van der Waals surface area contributed by atoms with Crippen molar-refractivity contribution in [2.75, 3.05) is 13.1 Å². The van der Waals surface area contributed by atoms with E-state index in [1.54, 1.807) is 11.8 Å². The van der Waals surface area contributed by atoms with E-state index in [0.29, 0.717) is 0 Å². The van der Waals surface area contributed by atoms with Crippen molar-refractivity contribution in [1.82, 2.24) is 4.90 Å². The predicted octanol–water partition coefficient (Wildman–Crippen LogP) is 1.75. The van der Waals surface area contributed by atoms with E-state index < -0.39 is 11.4 Å². The molecule has 0 aromatic heterocycles. The second kappa shape index (κ2) is 4.85. The summed E-state index contributed by atoms with van der Waals surface area (Å²) >= 11 is 0. The molecule has 4 nitrogen and oxygen atoms in total. The lowest BCUT2D eigenvalue weighted by Crippen LogP contribution is -2.40. The Hall–Kier alpha value is -1.06. The fourth-order valence-electron chi connectivity index (χ4n) is 1.92. The molecular weight excluding hydrogens is 206 g/mol. The van der Waals surface area contributed by atoms with Crippen LogP contribution in [0.3, 0.4) is 0 Å². The molecular formula is C12H21NO3. The van der Waals surface area contributed by atoms with Gasteiger partial charge >= 0.3 is 5.97 Å². The number of hydrogen-bond donors (Lipinski definition) is 1. The molecule has 1 N–H and O–H groups in total. The van der Waals surface area contributed by atoms with Gasteiger partial charge in [0.25, 0.3) is 0 Å². The van der Waals surface area contributed by atoms with Crippen molar-refractivity contribution in [1.29, 1.82) is 0 Å². The van der Waals surface area contributed by atoms with E-state index in [9.17, 15) is 14.7 Å². The zero-order valence-electron chi connectivity index (χ0n) is 10.3. The monoisotopic (exact) mass is 227 g/mol. The second-order valence-electron chi connectivity index (χ2n) is 5.14. The summed E-state index contributed by atoms with van der Waals surface area (Å²) in [6.45, 7) is 6.93. The van der Waals surface area contributed by atoms with Crippen LogP contribution in [-0.4, -0.2) is 35.0 Å². The van der Waals surface area contributed by atoms with E-state index in [1.165, 1.54) is 0 Å². The Bertz CT molecular complexity index is 282. The van der Waals surface area contributed by atoms with Crippen molar-refractivity contribution >= 4 is 11.9 Å². The van der Waals surface area contributed by atoms with Gasteiger partial charge in [-0.25, -0.2) is 0 Å². The number of carbonyl (C=O) groups is 2. The molecule has 0 saturated carbocycles. The predicted molar refractivity (Wildman–Crippen MR) is 61.0 cm³/mol. The zero-order chi connectivity index (χ0) is 12.3. The van der Waals surface area contributed by atoms with Gasteiger partial charge in [-0.3, -0.25) is 9.59 Å². The van der Waals surface area contributed by atoms with Gasteiger partial charge in [0.1, 0.15) is 0 Å². The molecule has 0 aromatic rings. The summed E-state index contributed by atoms with van der Waals surface area (Å²) in [5, 5.41) is 9.22. The average molecular weight is 227 g/mol. The number of nitrogens with zero attached hydrogens (tertiary/aromatic N) is 1. The molecule has 0 spiro atoms. The first-order chi connectivity index (χ1) is 7.38. The van der Waals surface area contributed by atoms with E-state index in [1.807, 2.05) is 13.8 Å². The lowest BCUT2D eigenvalue weighted by Gasteiger charge is -2.30. The lowest BCUT2D eigenvalue weighted by atomic mass is 9.76. The van der Waals surface area contributed by atoms with Gasteiger partial charge in [0.15, 0.2) is 0 Å². The van der Waals surface area contributed by atoms with Gasteiger partial charge < -0.3 is 10.0 Å². The third-order valence-electron chi connectivity index (χ3n) is 3.74. The summed E-state index contributed by atoms with van der Waals surface area (Å²) in [6, 6.07) is 0. The third-order valence-corrected chi connectivity index (χ3v) is 3.74. The molecule has 0 aromatic carbocycles. The van der Waals surface area contributed by atoms with Crippen LogP contribution in [0, 0.1) is 11.3 Å². The molecule has 16 heavy (non-hydrogen) atoms. The number of likely N-dealkylation sites (tertiary alicyclic amines) is 1. The van der Waals surface area contributed by atoms with Crippen LogP contribution in [0.2, 0.25) is 0 Å². The molecule has 0 radical (unpaired) electrons. The molecule has 1 amide bonds. The standard InChI is InChI=1S/C12H21NO3/c1-9(2)12(3,11(15)16)8-10(14)13-6-4-5-7-13/h9H,4-8H2,1-3H3,(H,15,16). The largest absolute Gasteiger partial charge is 0.481 e. The van der Waals surface area contributed by atoms with Gasteiger partial charge in [-0.1, -0.05) is 13.8 Å². The highest BCUT2D eigenvalue weighted by Gasteiger charge is 2.40. The number of carbonyl (C=O) groups excluding carboxylic acids is 1. The lowest BCUT2D eigenvalue weighted by molar-refractivity contribution is -0.155. The SMILES string of the molecule is CC(C)C(C)(CC(=O)N1CCCC1)C(=O)O. The maximum Gasteiger partial charge on any atom is 0.310 e. The average Bonchev–Trinajstić information content (AvgIpc) is 2.69. The number of aliphatic carboxylic acids is 1. The fraction of sp³-hybridized carbons (Fsp3) is 0.833. The number of carboxylic acids is 1. The highest BCUT2D eigenvalue weighted by atomic mass is 16.4. The first-order valence-electron chi connectivity index (χ1n) is 5.89. The van der Waals surface area contributed by atoms with Crippen LogP contribution in [0.1, 0.15) is 40.0 Å². The van der Waals surface area contributed by atoms with E-state index >= 15 is 0 Å². The molecule has 0 bridgehead atoms. The van der Waals surface area contributed by atoms with Gasteiger partial charge in [0, 0.05) is 19.5 Å². The van der Waals surface area contributed by atoms with Crippen LogP contribution in [0.4, 0.5) is 0 Å². The highest BCUT2D eigenvalue weighted by molar-refractivity contribution is 5.85. The van der Waals surface area contributed by atoms with Crippen LogP contribution in [-0.2, 0) is 9.59 Å². The van der Waals surface area contributed by atoms with Crippen LogP contribution in [0.15, 0.2) is 0 Å². The smallest absolute Gasteiger partial charge is 0.310 e. The summed E-state index contributed by atoms with van der Waals surface area (Å²) in [6.07, 6.45) is 2.19. The van der Waals surface area contributed by atoms with Gasteiger partial charge in [-0.2, -0.15) is 0 Å². The molecule has 1 heterocycles. The van der Waals surface area contributed by atoms with Crippen molar-refractivity contribution < 1.29 is 14.7 Å². The van der Waals surface area contributed by atoms with Crippen molar-refractivity contribution in [3.8, 4) is 0 Å². The van der Waals surface area contributed by atoms with Crippen LogP contribution in [0.5, 0.6) is 0 Å². The van der Waals surface area contributed by atoms with Crippen molar-refractivity contribution in [3.05, 3.63) is 0 Å². The molecule has 1 aliphatic rings. The first kappa shape index (κ1) is 13.0. The van der Waals surface area contributed by atoms with Crippen LogP contribution < -0.4 is 0 Å². The minimum absolute atomic E-state index is 0.0175. The summed E-state index contributed by atoms with van der Waals surface area (Å²) in [5.74, 6) is -0.942. The molecule has 92 valence electrons. The third kappa shape index (κ3) is 2.54. The number of amides is 1. The molecule has 1 rings (SSSR count). The Morgan fingerprint density at radius 1 is 1.31 bits per heavy atom. The normalized spacial score (nSPS) is 19.9. The minimum atomic E-state index is -0.945. The molecule has 1 aliphatic heterocycles. The van der Waals surface area contributed by atoms with Crippen molar-refractivity contribution in [2.45, 2.75) is 40.0 Å². The topological polar surface area (TPSA) is 57.6 Å². The maximum atomic E-state index is 11.9. The van der Waals surface area contributed by atoms with Gasteiger partial charge in [-0.15, -0.1) is 0 Å². The summed E-state index contributed by atoms with van der Waals surface area (Å²) < 4.78 is 0. The fourth-order valence-corrected chi connectivity index (χ4v) is 1.92. The van der Waals surface area contributed by atoms with Gasteiger partial charge in [0.2, 0.25) is 5.91 Å². The number of carboxylic acid groups (broad SMARTS) is 1. The Balaban J connectivity index is 2.68. The van der Waals surface area contributed by atoms with E-state index in [0.717, 1.165) is 25.9 Å². The Morgan fingerprint density at radius 2 is 1.81 bits per heavy atom. The molecule has 1 atom stereocenters. The molecule has 1 fully saturated rings. The van der Waals surface area contributed by atoms with Gasteiger partial charge in [-0.05, 0) is 25.7 Å². The zero-order valence-corrected chi connectivity index (χ0v) is 10.3. The molecule has 4 heteroatoms. The summed E-state index contributed by atoms with van der Waals surface area (Å²) in [7, 11) is 0. The Morgan fingerprint density at radius 3 is 2.19 bits per heavy atom. The molecule has 0 aliphatic carbocycles. The van der Waals surface area contributed by atoms with Crippen LogP contribution >= 0.6 is 0 Å².